The summed E-state index contributed by atoms with van der Waals surface area (Å²) in [7, 11) is 0. The third-order valence-electron chi connectivity index (χ3n) is 5.33. The lowest BCUT2D eigenvalue weighted by Crippen LogP contribution is -2.26. The number of carbonyl (C=O) groups excluding carboxylic acids is 1. The number of rotatable bonds is 6. The fourth-order valence-corrected chi connectivity index (χ4v) is 3.84. The van der Waals surface area contributed by atoms with Gasteiger partial charge in [0.1, 0.15) is 5.69 Å². The van der Waals surface area contributed by atoms with Gasteiger partial charge in [0.05, 0.1) is 11.9 Å². The highest BCUT2D eigenvalue weighted by atomic mass is 16.1. The molecular formula is C22H26N4O. The molecule has 5 heteroatoms. The highest BCUT2D eigenvalue weighted by Crippen LogP contribution is 2.21. The van der Waals surface area contributed by atoms with E-state index in [2.05, 4.69) is 32.7 Å². The smallest absolute Gasteiger partial charge is 0.269 e. The highest BCUT2D eigenvalue weighted by molar-refractivity contribution is 5.92. The van der Waals surface area contributed by atoms with Gasteiger partial charge < -0.3 is 15.6 Å². The molecule has 0 radical (unpaired) electrons. The van der Waals surface area contributed by atoms with Gasteiger partial charge in [0, 0.05) is 29.7 Å². The molecule has 2 heterocycles. The van der Waals surface area contributed by atoms with Gasteiger partial charge in [-0.3, -0.25) is 4.79 Å². The second-order valence-electron chi connectivity index (χ2n) is 7.28. The Balaban J connectivity index is 1.29. The Kier molecular flexibility index (Phi) is 5.37. The zero-order valence-corrected chi connectivity index (χ0v) is 15.5. The summed E-state index contributed by atoms with van der Waals surface area (Å²) >= 11 is 0. The maximum atomic E-state index is 12.3. The lowest BCUT2D eigenvalue weighted by molar-refractivity contribution is 0.0949. The van der Waals surface area contributed by atoms with E-state index >= 15 is 0 Å². The van der Waals surface area contributed by atoms with Crippen molar-refractivity contribution in [1.29, 1.82) is 0 Å². The number of aromatic nitrogens is 2. The van der Waals surface area contributed by atoms with Crippen molar-refractivity contribution >= 4 is 22.5 Å². The SMILES string of the molecule is O=C(NCCc1c[nH]c2ccccc12)c1ccc(NC2CCCCC2)cn1. The second-order valence-corrected chi connectivity index (χ2v) is 7.28. The molecule has 1 aromatic carbocycles. The Morgan fingerprint density at radius 2 is 1.96 bits per heavy atom. The molecule has 1 aliphatic rings. The van der Waals surface area contributed by atoms with Crippen LogP contribution in [-0.4, -0.2) is 28.5 Å². The summed E-state index contributed by atoms with van der Waals surface area (Å²) in [5.74, 6) is -0.126. The van der Waals surface area contributed by atoms with E-state index in [4.69, 9.17) is 0 Å². The minimum Gasteiger partial charge on any atom is -0.381 e. The number of pyridine rings is 1. The summed E-state index contributed by atoms with van der Waals surface area (Å²) < 4.78 is 0. The summed E-state index contributed by atoms with van der Waals surface area (Å²) in [5.41, 5.74) is 3.80. The van der Waals surface area contributed by atoms with Crippen LogP contribution >= 0.6 is 0 Å². The van der Waals surface area contributed by atoms with Crippen molar-refractivity contribution in [3.8, 4) is 0 Å². The molecule has 5 nitrogen and oxygen atoms in total. The van der Waals surface area contributed by atoms with E-state index in [0.717, 1.165) is 17.6 Å². The highest BCUT2D eigenvalue weighted by Gasteiger charge is 2.13. The quantitative estimate of drug-likeness (QED) is 0.613. The van der Waals surface area contributed by atoms with Gasteiger partial charge in [-0.1, -0.05) is 37.5 Å². The molecule has 0 bridgehead atoms. The molecule has 1 saturated carbocycles. The first kappa shape index (κ1) is 17.6. The molecule has 1 fully saturated rings. The summed E-state index contributed by atoms with van der Waals surface area (Å²) in [4.78, 5) is 19.9. The molecule has 0 spiro atoms. The monoisotopic (exact) mass is 362 g/mol. The molecule has 0 unspecified atom stereocenters. The molecule has 0 aliphatic heterocycles. The summed E-state index contributed by atoms with van der Waals surface area (Å²) in [6.07, 6.45) is 10.9. The number of nitrogens with one attached hydrogen (secondary N) is 3. The lowest BCUT2D eigenvalue weighted by Gasteiger charge is -2.23. The van der Waals surface area contributed by atoms with E-state index in [0.29, 0.717) is 18.3 Å². The predicted octanol–water partition coefficient (Wildman–Crippen LogP) is 4.28. The van der Waals surface area contributed by atoms with E-state index in [1.165, 1.54) is 43.1 Å². The number of carbonyl (C=O) groups is 1. The van der Waals surface area contributed by atoms with Crippen LogP contribution in [0.15, 0.2) is 48.8 Å². The average molecular weight is 362 g/mol. The van der Waals surface area contributed by atoms with Crippen LogP contribution in [0, 0.1) is 0 Å². The Bertz CT molecular complexity index is 894. The number of para-hydroxylation sites is 1. The number of H-pyrrole nitrogens is 1. The van der Waals surface area contributed by atoms with Crippen LogP contribution in [0.4, 0.5) is 5.69 Å². The summed E-state index contributed by atoms with van der Waals surface area (Å²) in [5, 5.41) is 7.71. The molecule has 0 atom stereocenters. The van der Waals surface area contributed by atoms with Gasteiger partial charge in [-0.15, -0.1) is 0 Å². The number of fused-ring (bicyclic) bond motifs is 1. The van der Waals surface area contributed by atoms with Crippen LogP contribution < -0.4 is 10.6 Å². The molecule has 140 valence electrons. The van der Waals surface area contributed by atoms with E-state index in [-0.39, 0.29) is 5.91 Å². The average Bonchev–Trinajstić information content (AvgIpc) is 3.12. The van der Waals surface area contributed by atoms with Crippen molar-refractivity contribution in [1.82, 2.24) is 15.3 Å². The van der Waals surface area contributed by atoms with Crippen molar-refractivity contribution < 1.29 is 4.79 Å². The normalized spacial score (nSPS) is 15.0. The van der Waals surface area contributed by atoms with Crippen LogP contribution in [-0.2, 0) is 6.42 Å². The van der Waals surface area contributed by atoms with Gasteiger partial charge in [0.15, 0.2) is 0 Å². The maximum Gasteiger partial charge on any atom is 0.269 e. The third kappa shape index (κ3) is 4.30. The topological polar surface area (TPSA) is 69.8 Å². The minimum atomic E-state index is -0.126. The van der Waals surface area contributed by atoms with E-state index in [1.807, 2.05) is 24.4 Å². The van der Waals surface area contributed by atoms with E-state index in [9.17, 15) is 4.79 Å². The fraction of sp³-hybridized carbons (Fsp3) is 0.364. The molecular weight excluding hydrogens is 336 g/mol. The number of anilines is 1. The maximum absolute atomic E-state index is 12.3. The zero-order valence-electron chi connectivity index (χ0n) is 15.5. The molecule has 3 N–H and O–H groups in total. The van der Waals surface area contributed by atoms with Crippen LogP contribution in [0.2, 0.25) is 0 Å². The Hall–Kier alpha value is -2.82. The second kappa shape index (κ2) is 8.25. The largest absolute Gasteiger partial charge is 0.381 e. The molecule has 3 aromatic rings. The first-order valence-electron chi connectivity index (χ1n) is 9.85. The molecule has 1 amide bonds. The first-order valence-corrected chi connectivity index (χ1v) is 9.85. The van der Waals surface area contributed by atoms with Gasteiger partial charge in [0.25, 0.3) is 5.91 Å². The lowest BCUT2D eigenvalue weighted by atomic mass is 9.95. The molecule has 27 heavy (non-hydrogen) atoms. The molecule has 2 aromatic heterocycles. The number of nitrogens with zero attached hydrogens (tertiary/aromatic N) is 1. The van der Waals surface area contributed by atoms with Crippen molar-refractivity contribution in [3.05, 3.63) is 60.0 Å². The molecule has 0 saturated heterocycles. The predicted molar refractivity (Wildman–Crippen MR) is 109 cm³/mol. The van der Waals surface area contributed by atoms with Gasteiger partial charge >= 0.3 is 0 Å². The van der Waals surface area contributed by atoms with Gasteiger partial charge in [0.2, 0.25) is 0 Å². The Morgan fingerprint density at radius 3 is 2.78 bits per heavy atom. The van der Waals surface area contributed by atoms with Gasteiger partial charge in [-0.2, -0.15) is 0 Å². The number of aromatic amines is 1. The van der Waals surface area contributed by atoms with Crippen LogP contribution in [0.25, 0.3) is 10.9 Å². The third-order valence-corrected chi connectivity index (χ3v) is 5.33. The number of hydrogen-bond donors (Lipinski definition) is 3. The summed E-state index contributed by atoms with van der Waals surface area (Å²) in [6.45, 7) is 0.588. The number of amides is 1. The van der Waals surface area contributed by atoms with Gasteiger partial charge in [-0.05, 0) is 43.0 Å². The van der Waals surface area contributed by atoms with E-state index < -0.39 is 0 Å². The fourth-order valence-electron chi connectivity index (χ4n) is 3.84. The number of hydrogen-bond acceptors (Lipinski definition) is 3. The standard InChI is InChI=1S/C22H26N4O/c27-22(23-13-12-16-14-24-20-9-5-4-8-19(16)20)21-11-10-18(15-25-21)26-17-6-2-1-3-7-17/h4-5,8-11,14-15,17,24,26H,1-3,6-7,12-13H2,(H,23,27). The molecule has 1 aliphatic carbocycles. The van der Waals surface area contributed by atoms with Crippen molar-refractivity contribution in [2.24, 2.45) is 0 Å². The van der Waals surface area contributed by atoms with Gasteiger partial charge in [-0.25, -0.2) is 4.98 Å². The number of benzene rings is 1. The minimum absolute atomic E-state index is 0.126. The Labute approximate surface area is 159 Å². The van der Waals surface area contributed by atoms with Crippen LogP contribution in [0.1, 0.15) is 48.2 Å². The van der Waals surface area contributed by atoms with Crippen LogP contribution in [0.3, 0.4) is 0 Å². The zero-order chi connectivity index (χ0) is 18.5. The molecule has 4 rings (SSSR count). The first-order chi connectivity index (χ1) is 13.3. The Morgan fingerprint density at radius 1 is 1.11 bits per heavy atom. The van der Waals surface area contributed by atoms with Crippen LogP contribution in [0.5, 0.6) is 0 Å². The summed E-state index contributed by atoms with van der Waals surface area (Å²) in [6, 6.07) is 12.5. The van der Waals surface area contributed by atoms with Crippen molar-refractivity contribution in [3.63, 3.8) is 0 Å². The van der Waals surface area contributed by atoms with Crippen molar-refractivity contribution in [2.75, 3.05) is 11.9 Å². The van der Waals surface area contributed by atoms with Crippen molar-refractivity contribution in [2.45, 2.75) is 44.6 Å². The van der Waals surface area contributed by atoms with E-state index in [1.54, 1.807) is 12.3 Å².